The van der Waals surface area contributed by atoms with Gasteiger partial charge in [0.15, 0.2) is 8.07 Å². The molecule has 0 bridgehead atoms. The summed E-state index contributed by atoms with van der Waals surface area (Å²) in [6.45, 7) is 14.2. The molecular formula is C48H44O2Si3. The smallest absolute Gasteiger partial charge is 0.183 e. The molecule has 0 saturated carbocycles. The molecular weight excluding hydrogens is 693 g/mol. The zero-order valence-electron chi connectivity index (χ0n) is 31.3. The number of rotatable bonds is 5. The monoisotopic (exact) mass is 736 g/mol. The van der Waals surface area contributed by atoms with Crippen LogP contribution in [0.5, 0.6) is 23.0 Å². The first-order valence-electron chi connectivity index (χ1n) is 18.7. The lowest BCUT2D eigenvalue weighted by atomic mass is 9.99. The molecule has 9 rings (SSSR count). The maximum absolute atomic E-state index is 7.14. The lowest BCUT2D eigenvalue weighted by Gasteiger charge is -2.40. The Balaban J connectivity index is 1.34. The van der Waals surface area contributed by atoms with E-state index in [-0.39, 0.29) is 0 Å². The van der Waals surface area contributed by atoms with Gasteiger partial charge in [0.25, 0.3) is 0 Å². The number of aryl methyl sites for hydroxylation is 2. The quantitative estimate of drug-likeness (QED) is 0.138. The van der Waals surface area contributed by atoms with Crippen molar-refractivity contribution in [1.29, 1.82) is 0 Å². The Hall–Kier alpha value is -5.21. The van der Waals surface area contributed by atoms with E-state index in [1.165, 1.54) is 63.7 Å². The number of fused-ring (bicyclic) bond motifs is 4. The molecule has 0 amide bonds. The predicted molar refractivity (Wildman–Crippen MR) is 231 cm³/mol. The van der Waals surface area contributed by atoms with Crippen molar-refractivity contribution in [2.75, 3.05) is 0 Å². The Bertz CT molecular complexity index is 2500. The molecule has 0 spiro atoms. The van der Waals surface area contributed by atoms with Gasteiger partial charge in [0.2, 0.25) is 0 Å². The van der Waals surface area contributed by atoms with Gasteiger partial charge in [-0.15, -0.1) is 0 Å². The van der Waals surface area contributed by atoms with Crippen LogP contribution in [0, 0.1) is 13.8 Å². The maximum atomic E-state index is 7.14. The van der Waals surface area contributed by atoms with Crippen LogP contribution in [0.1, 0.15) is 11.1 Å². The van der Waals surface area contributed by atoms with Crippen molar-refractivity contribution in [3.8, 4) is 34.1 Å². The van der Waals surface area contributed by atoms with Gasteiger partial charge < -0.3 is 9.47 Å². The molecule has 0 unspecified atom stereocenters. The van der Waals surface area contributed by atoms with Gasteiger partial charge in [-0.05, 0) is 84.2 Å². The fourth-order valence-corrected chi connectivity index (χ4v) is 19.8. The Morgan fingerprint density at radius 3 is 1.70 bits per heavy atom. The molecule has 7 aromatic carbocycles. The van der Waals surface area contributed by atoms with Gasteiger partial charge in [-0.2, -0.15) is 0 Å². The number of hydrogen-bond acceptors (Lipinski definition) is 2. The minimum Gasteiger partial charge on any atom is -0.458 e. The SMILES string of the molecule is Cc1ccc2c(c1)Oc1c(ccc(C)c1-c1cccc([Si](c3ccccc3)(c3ccccc3)c3cccc4c3Oc3ccccc3[Si]4(C)C)c1)[Si]2(C)C. The first-order chi connectivity index (χ1) is 25.6. The third-order valence-electron chi connectivity index (χ3n) is 11.9. The summed E-state index contributed by atoms with van der Waals surface area (Å²) in [6, 6.07) is 58.9. The van der Waals surface area contributed by atoms with Crippen LogP contribution >= 0.6 is 0 Å². The highest BCUT2D eigenvalue weighted by Crippen LogP contribution is 2.39. The first-order valence-corrected chi connectivity index (χ1v) is 26.7. The Morgan fingerprint density at radius 2 is 0.981 bits per heavy atom. The highest BCUT2D eigenvalue weighted by Gasteiger charge is 2.47. The zero-order chi connectivity index (χ0) is 36.5. The number of hydrogen-bond donors (Lipinski definition) is 0. The Labute approximate surface area is 316 Å². The van der Waals surface area contributed by atoms with Crippen molar-refractivity contribution in [1.82, 2.24) is 0 Å². The van der Waals surface area contributed by atoms with Crippen molar-refractivity contribution >= 4 is 65.7 Å². The van der Waals surface area contributed by atoms with Gasteiger partial charge in [0.05, 0.1) is 0 Å². The second-order valence-corrected chi connectivity index (χ2v) is 28.3. The molecule has 53 heavy (non-hydrogen) atoms. The Kier molecular flexibility index (Phi) is 7.89. The van der Waals surface area contributed by atoms with E-state index in [0.717, 1.165) is 23.0 Å². The topological polar surface area (TPSA) is 18.5 Å². The highest BCUT2D eigenvalue weighted by molar-refractivity contribution is 7.20. The van der Waals surface area contributed by atoms with E-state index >= 15 is 0 Å². The van der Waals surface area contributed by atoms with Crippen molar-refractivity contribution in [3.63, 3.8) is 0 Å². The molecule has 2 heterocycles. The average molecular weight is 737 g/mol. The number of para-hydroxylation sites is 2. The van der Waals surface area contributed by atoms with Crippen LogP contribution in [0.3, 0.4) is 0 Å². The first kappa shape index (κ1) is 33.6. The van der Waals surface area contributed by atoms with E-state index in [1.54, 1.807) is 0 Å². The van der Waals surface area contributed by atoms with Crippen molar-refractivity contribution < 1.29 is 9.47 Å². The molecule has 7 aromatic rings. The van der Waals surface area contributed by atoms with Crippen LogP contribution in [0.2, 0.25) is 26.2 Å². The molecule has 2 aliphatic rings. The summed E-state index contributed by atoms with van der Waals surface area (Å²) < 4.78 is 14.1. The van der Waals surface area contributed by atoms with Gasteiger partial charge in [-0.25, -0.2) is 0 Å². The molecule has 0 fully saturated rings. The van der Waals surface area contributed by atoms with Gasteiger partial charge in [0, 0.05) is 5.56 Å². The van der Waals surface area contributed by atoms with Crippen LogP contribution < -0.4 is 51.0 Å². The molecule has 5 heteroatoms. The minimum absolute atomic E-state index is 0.993. The summed E-state index contributed by atoms with van der Waals surface area (Å²) in [6.07, 6.45) is 0. The standard InChI is InChI=1S/C48H44O2Si3/c1-33-27-29-42-40(31-33)50-48-44(52(42,5)6)30-28-34(2)46(48)35-17-15-22-38(32-35)53(36-18-9-7-10-19-36,37-20-11-8-12-21-37)45-26-16-25-43-47(45)49-39-23-13-14-24-41(39)51(43,3)4/h7-32H,1-6H3. The van der Waals surface area contributed by atoms with Gasteiger partial charge in [0.1, 0.15) is 39.1 Å². The van der Waals surface area contributed by atoms with E-state index < -0.39 is 24.2 Å². The minimum atomic E-state index is -3.01. The van der Waals surface area contributed by atoms with Gasteiger partial charge >= 0.3 is 0 Å². The van der Waals surface area contributed by atoms with Crippen LogP contribution in [0.4, 0.5) is 0 Å². The third kappa shape index (κ3) is 5.09. The normalized spacial score (nSPS) is 14.8. The van der Waals surface area contributed by atoms with Gasteiger partial charge in [-0.1, -0.05) is 172 Å². The molecule has 260 valence electrons. The maximum Gasteiger partial charge on any atom is 0.183 e. The van der Waals surface area contributed by atoms with Crippen LogP contribution in [0.25, 0.3) is 11.1 Å². The van der Waals surface area contributed by atoms with Gasteiger partial charge in [-0.3, -0.25) is 0 Å². The fraction of sp³-hybridized carbons (Fsp3) is 0.125. The summed E-state index contributed by atoms with van der Waals surface area (Å²) in [7, 11) is -7.14. The van der Waals surface area contributed by atoms with Crippen molar-refractivity contribution in [2.45, 2.75) is 40.0 Å². The molecule has 0 radical (unpaired) electrons. The molecule has 0 saturated heterocycles. The molecule has 0 N–H and O–H groups in total. The number of ether oxygens (including phenoxy) is 2. The summed E-state index contributed by atoms with van der Waals surface area (Å²) in [5.41, 5.74) is 4.82. The van der Waals surface area contributed by atoms with E-state index in [2.05, 4.69) is 198 Å². The fourth-order valence-electron chi connectivity index (χ4n) is 9.14. The van der Waals surface area contributed by atoms with Crippen LogP contribution in [0.15, 0.2) is 158 Å². The second-order valence-electron chi connectivity index (χ2n) is 15.8. The third-order valence-corrected chi connectivity index (χ3v) is 23.7. The summed E-state index contributed by atoms with van der Waals surface area (Å²) in [4.78, 5) is 0. The summed E-state index contributed by atoms with van der Waals surface area (Å²) in [5.74, 6) is 4.07. The van der Waals surface area contributed by atoms with E-state index in [9.17, 15) is 0 Å². The van der Waals surface area contributed by atoms with E-state index in [4.69, 9.17) is 9.47 Å². The predicted octanol–water partition coefficient (Wildman–Crippen LogP) is 7.20. The highest BCUT2D eigenvalue weighted by atomic mass is 28.3. The lowest BCUT2D eigenvalue weighted by Crippen LogP contribution is -2.75. The Morgan fingerprint density at radius 1 is 0.434 bits per heavy atom. The van der Waals surface area contributed by atoms with Crippen LogP contribution in [-0.2, 0) is 0 Å². The van der Waals surface area contributed by atoms with Crippen molar-refractivity contribution in [2.24, 2.45) is 0 Å². The molecule has 2 aliphatic heterocycles. The summed E-state index contributed by atoms with van der Waals surface area (Å²) >= 11 is 0. The molecule has 0 atom stereocenters. The molecule has 0 aliphatic carbocycles. The zero-order valence-corrected chi connectivity index (χ0v) is 34.3. The lowest BCUT2D eigenvalue weighted by molar-refractivity contribution is 0.487. The molecule has 0 aromatic heterocycles. The van der Waals surface area contributed by atoms with Crippen molar-refractivity contribution in [3.05, 3.63) is 169 Å². The number of benzene rings is 7. The van der Waals surface area contributed by atoms with E-state index in [1.807, 2.05) is 0 Å². The summed E-state index contributed by atoms with van der Waals surface area (Å²) in [5, 5.41) is 10.7. The second kappa shape index (κ2) is 12.4. The van der Waals surface area contributed by atoms with E-state index in [0.29, 0.717) is 0 Å². The molecule has 2 nitrogen and oxygen atoms in total. The van der Waals surface area contributed by atoms with Crippen LogP contribution in [-0.4, -0.2) is 24.2 Å². The largest absolute Gasteiger partial charge is 0.458 e. The average Bonchev–Trinajstić information content (AvgIpc) is 3.16.